The molecule has 17 heavy (non-hydrogen) atoms. The Labute approximate surface area is 103 Å². The van der Waals surface area contributed by atoms with Gasteiger partial charge in [0.15, 0.2) is 9.84 Å². The maximum absolute atomic E-state index is 11.6. The highest BCUT2D eigenvalue weighted by Crippen LogP contribution is 2.24. The first-order valence-corrected chi connectivity index (χ1v) is 7.77. The molecule has 0 unspecified atom stereocenters. The van der Waals surface area contributed by atoms with Crippen molar-refractivity contribution in [1.82, 2.24) is 0 Å². The van der Waals surface area contributed by atoms with Crippen LogP contribution in [-0.4, -0.2) is 14.7 Å². The van der Waals surface area contributed by atoms with Gasteiger partial charge in [0.05, 0.1) is 4.90 Å². The second-order valence-electron chi connectivity index (χ2n) is 4.52. The van der Waals surface area contributed by atoms with E-state index in [1.165, 1.54) is 19.1 Å². The summed E-state index contributed by atoms with van der Waals surface area (Å²) in [4.78, 5) is 0.338. The summed E-state index contributed by atoms with van der Waals surface area (Å²) >= 11 is 0. The van der Waals surface area contributed by atoms with Crippen molar-refractivity contribution in [3.05, 3.63) is 29.8 Å². The highest BCUT2D eigenvalue weighted by molar-refractivity contribution is 7.90. The predicted octanol–water partition coefficient (Wildman–Crippen LogP) is 2.63. The van der Waals surface area contributed by atoms with Gasteiger partial charge in [0.2, 0.25) is 0 Å². The average Bonchev–Trinajstić information content (AvgIpc) is 2.78. The Hall–Kier alpha value is -1.27. The van der Waals surface area contributed by atoms with Crippen LogP contribution in [0.4, 0.5) is 0 Å². The summed E-state index contributed by atoms with van der Waals surface area (Å²) in [6, 6.07) is 6.96. The minimum Gasteiger partial charge on any atom is -0.224 e. The lowest BCUT2D eigenvalue weighted by Crippen LogP contribution is -2.00. The molecule has 1 aliphatic carbocycles. The van der Waals surface area contributed by atoms with Crippen molar-refractivity contribution in [2.45, 2.75) is 30.6 Å². The standard InChI is InChI=1S/C14H16O2S/c1-17(15,16)14-9-5-4-8-13(14)11-10-12-6-2-3-7-12/h4-5,8-9,12H,2-3,6-7H2,1H3. The van der Waals surface area contributed by atoms with E-state index in [1.807, 2.05) is 6.07 Å². The van der Waals surface area contributed by atoms with Crippen LogP contribution in [0.15, 0.2) is 29.2 Å². The molecular formula is C14H16O2S. The van der Waals surface area contributed by atoms with E-state index in [1.54, 1.807) is 18.2 Å². The average molecular weight is 248 g/mol. The normalized spacial score (nSPS) is 16.5. The molecule has 0 aromatic heterocycles. The second kappa shape index (κ2) is 4.93. The molecule has 2 rings (SSSR count). The molecule has 0 atom stereocenters. The summed E-state index contributed by atoms with van der Waals surface area (Å²) < 4.78 is 23.2. The van der Waals surface area contributed by atoms with Crippen molar-refractivity contribution in [3.8, 4) is 11.8 Å². The molecule has 1 saturated carbocycles. The van der Waals surface area contributed by atoms with Gasteiger partial charge in [0, 0.05) is 17.7 Å². The molecule has 90 valence electrons. The van der Waals surface area contributed by atoms with Crippen molar-refractivity contribution >= 4 is 9.84 Å². The zero-order chi connectivity index (χ0) is 12.3. The van der Waals surface area contributed by atoms with Crippen LogP contribution < -0.4 is 0 Å². The topological polar surface area (TPSA) is 34.1 Å². The fraction of sp³-hybridized carbons (Fsp3) is 0.429. The number of rotatable bonds is 1. The van der Waals surface area contributed by atoms with Crippen LogP contribution in [0.25, 0.3) is 0 Å². The van der Waals surface area contributed by atoms with E-state index in [-0.39, 0.29) is 0 Å². The van der Waals surface area contributed by atoms with Crippen molar-refractivity contribution in [2.75, 3.05) is 6.26 Å². The molecule has 1 aromatic rings. The monoisotopic (exact) mass is 248 g/mol. The molecule has 0 heterocycles. The third-order valence-electron chi connectivity index (χ3n) is 3.05. The summed E-state index contributed by atoms with van der Waals surface area (Å²) in [5.41, 5.74) is 0.627. The largest absolute Gasteiger partial charge is 0.224 e. The number of hydrogen-bond donors (Lipinski definition) is 0. The van der Waals surface area contributed by atoms with Gasteiger partial charge in [-0.3, -0.25) is 0 Å². The molecule has 1 aliphatic rings. The van der Waals surface area contributed by atoms with Crippen molar-refractivity contribution < 1.29 is 8.42 Å². The molecule has 3 heteroatoms. The lowest BCUT2D eigenvalue weighted by atomic mass is 10.1. The fourth-order valence-corrected chi connectivity index (χ4v) is 2.99. The SMILES string of the molecule is CS(=O)(=O)c1ccccc1C#CC1CCCC1. The van der Waals surface area contributed by atoms with Crippen LogP contribution in [0.1, 0.15) is 31.2 Å². The van der Waals surface area contributed by atoms with Crippen LogP contribution >= 0.6 is 0 Å². The molecule has 0 radical (unpaired) electrons. The number of sulfone groups is 1. The Kier molecular flexibility index (Phi) is 3.54. The van der Waals surface area contributed by atoms with Gasteiger partial charge in [-0.2, -0.15) is 0 Å². The smallest absolute Gasteiger partial charge is 0.176 e. The van der Waals surface area contributed by atoms with Crippen LogP contribution in [0.3, 0.4) is 0 Å². The van der Waals surface area contributed by atoms with E-state index < -0.39 is 9.84 Å². The minimum absolute atomic E-state index is 0.338. The van der Waals surface area contributed by atoms with Crippen molar-refractivity contribution in [1.29, 1.82) is 0 Å². The lowest BCUT2D eigenvalue weighted by molar-refractivity contribution is 0.601. The van der Waals surface area contributed by atoms with Crippen LogP contribution in [-0.2, 0) is 9.84 Å². The highest BCUT2D eigenvalue weighted by Gasteiger charge is 2.13. The fourth-order valence-electron chi connectivity index (χ4n) is 2.14. The Morgan fingerprint density at radius 2 is 1.82 bits per heavy atom. The molecule has 1 aromatic carbocycles. The van der Waals surface area contributed by atoms with Gasteiger partial charge < -0.3 is 0 Å². The Morgan fingerprint density at radius 1 is 1.18 bits per heavy atom. The van der Waals surface area contributed by atoms with Gasteiger partial charge >= 0.3 is 0 Å². The van der Waals surface area contributed by atoms with Gasteiger partial charge in [-0.15, -0.1) is 0 Å². The van der Waals surface area contributed by atoms with Gasteiger partial charge in [-0.25, -0.2) is 8.42 Å². The lowest BCUT2D eigenvalue weighted by Gasteiger charge is -2.01. The first-order chi connectivity index (χ1) is 8.07. The van der Waals surface area contributed by atoms with Crippen molar-refractivity contribution in [3.63, 3.8) is 0 Å². The van der Waals surface area contributed by atoms with E-state index in [0.717, 1.165) is 12.8 Å². The molecule has 0 aliphatic heterocycles. The quantitative estimate of drug-likeness (QED) is 0.716. The maximum Gasteiger partial charge on any atom is 0.176 e. The first-order valence-electron chi connectivity index (χ1n) is 5.88. The Bertz CT molecular complexity index is 555. The van der Waals surface area contributed by atoms with E-state index >= 15 is 0 Å². The Balaban J connectivity index is 2.32. The molecular weight excluding hydrogens is 232 g/mol. The summed E-state index contributed by atoms with van der Waals surface area (Å²) in [5.74, 6) is 6.68. The summed E-state index contributed by atoms with van der Waals surface area (Å²) in [5, 5.41) is 0. The van der Waals surface area contributed by atoms with E-state index in [2.05, 4.69) is 11.8 Å². The molecule has 1 fully saturated rings. The molecule has 2 nitrogen and oxygen atoms in total. The Morgan fingerprint density at radius 3 is 2.47 bits per heavy atom. The van der Waals surface area contributed by atoms with Gasteiger partial charge in [-0.1, -0.05) is 36.8 Å². The summed E-state index contributed by atoms with van der Waals surface area (Å²) in [6.45, 7) is 0. The predicted molar refractivity (Wildman–Crippen MR) is 68.4 cm³/mol. The molecule has 0 saturated heterocycles. The van der Waals surface area contributed by atoms with Crippen molar-refractivity contribution in [2.24, 2.45) is 5.92 Å². The highest BCUT2D eigenvalue weighted by atomic mass is 32.2. The molecule has 0 amide bonds. The van der Waals surface area contributed by atoms with Crippen LogP contribution in [0.2, 0.25) is 0 Å². The zero-order valence-electron chi connectivity index (χ0n) is 9.94. The number of hydrogen-bond acceptors (Lipinski definition) is 2. The van der Waals surface area contributed by atoms with Gasteiger partial charge in [0.25, 0.3) is 0 Å². The van der Waals surface area contributed by atoms with Crippen LogP contribution in [0, 0.1) is 17.8 Å². The second-order valence-corrected chi connectivity index (χ2v) is 6.50. The van der Waals surface area contributed by atoms with E-state index in [0.29, 0.717) is 16.4 Å². The third kappa shape index (κ3) is 3.10. The van der Waals surface area contributed by atoms with E-state index in [4.69, 9.17) is 0 Å². The summed E-state index contributed by atoms with van der Waals surface area (Å²) in [7, 11) is -3.18. The van der Waals surface area contributed by atoms with Gasteiger partial charge in [0.1, 0.15) is 0 Å². The van der Waals surface area contributed by atoms with Gasteiger partial charge in [-0.05, 0) is 25.0 Å². The van der Waals surface area contributed by atoms with Crippen LogP contribution in [0.5, 0.6) is 0 Å². The van der Waals surface area contributed by atoms with E-state index in [9.17, 15) is 8.42 Å². The minimum atomic E-state index is -3.18. The third-order valence-corrected chi connectivity index (χ3v) is 4.21. The number of benzene rings is 1. The summed E-state index contributed by atoms with van der Waals surface area (Å²) in [6.07, 6.45) is 6.01. The molecule has 0 spiro atoms. The zero-order valence-corrected chi connectivity index (χ0v) is 10.8. The molecule has 0 bridgehead atoms. The first kappa shape index (κ1) is 12.2. The maximum atomic E-state index is 11.6. The molecule has 0 N–H and O–H groups in total.